The van der Waals surface area contributed by atoms with Crippen LogP contribution < -0.4 is 0 Å². The second-order valence-electron chi connectivity index (χ2n) is 1.20. The molecular weight excluding hydrogens is 175 g/mol. The number of rotatable bonds is 1. The van der Waals surface area contributed by atoms with E-state index in [-0.39, 0.29) is 0 Å². The average molecular weight is 180 g/mol. The van der Waals surface area contributed by atoms with Crippen molar-refractivity contribution in [1.82, 2.24) is 0 Å². The van der Waals surface area contributed by atoms with Crippen LogP contribution in [-0.4, -0.2) is 4.43 Å². The van der Waals surface area contributed by atoms with Crippen molar-refractivity contribution in [1.29, 1.82) is 0 Å². The first-order chi connectivity index (χ1) is 2.43. The van der Waals surface area contributed by atoms with Crippen LogP contribution in [0.4, 0.5) is 0 Å². The van der Waals surface area contributed by atoms with Crippen molar-refractivity contribution in [2.75, 3.05) is 4.43 Å². The van der Waals surface area contributed by atoms with Crippen molar-refractivity contribution in [2.45, 2.75) is 6.42 Å². The zero-order valence-electron chi connectivity index (χ0n) is 2.87. The lowest BCUT2D eigenvalue weighted by atomic mass is 10.6. The zero-order chi connectivity index (χ0) is 3.70. The van der Waals surface area contributed by atoms with Gasteiger partial charge in [-0.3, -0.25) is 0 Å². The van der Waals surface area contributed by atoms with Crippen LogP contribution in [0.1, 0.15) is 6.42 Å². The molecule has 1 aliphatic carbocycles. The van der Waals surface area contributed by atoms with Gasteiger partial charge in [-0.25, -0.2) is 0 Å². The number of allylic oxidation sites excluding steroid dienone is 2. The Balaban J connectivity index is 2.22. The third-order valence-electron chi connectivity index (χ3n) is 0.664. The Morgan fingerprint density at radius 3 is 2.60 bits per heavy atom. The Morgan fingerprint density at radius 2 is 2.60 bits per heavy atom. The van der Waals surface area contributed by atoms with Gasteiger partial charge in [-0.15, -0.1) is 0 Å². The van der Waals surface area contributed by atoms with Crippen molar-refractivity contribution in [2.24, 2.45) is 0 Å². The fourth-order valence-corrected chi connectivity index (χ4v) is 0.804. The summed E-state index contributed by atoms with van der Waals surface area (Å²) in [6.45, 7) is 0. The summed E-state index contributed by atoms with van der Waals surface area (Å²) in [6.07, 6.45) is 3.55. The number of alkyl halides is 1. The summed E-state index contributed by atoms with van der Waals surface area (Å²) in [5.74, 6) is 0. The van der Waals surface area contributed by atoms with E-state index < -0.39 is 0 Å². The predicted octanol–water partition coefficient (Wildman–Crippen LogP) is 1.75. The minimum Gasteiger partial charge on any atom is -0.0815 e. The fourth-order valence-electron chi connectivity index (χ4n) is 0.181. The van der Waals surface area contributed by atoms with E-state index in [1.165, 1.54) is 10.8 Å². The highest BCUT2D eigenvalue weighted by Gasteiger charge is 2.01. The smallest absolute Gasteiger partial charge is 0.0209 e. The van der Waals surface area contributed by atoms with E-state index in [4.69, 9.17) is 0 Å². The number of halogens is 1. The second kappa shape index (κ2) is 1.29. The minimum absolute atomic E-state index is 1.25. The van der Waals surface area contributed by atoms with E-state index in [0.29, 0.717) is 0 Å². The van der Waals surface area contributed by atoms with Crippen LogP contribution in [0.25, 0.3) is 0 Å². The molecule has 28 valence electrons. The van der Waals surface area contributed by atoms with E-state index in [0.717, 1.165) is 0 Å². The Bertz CT molecular complexity index is 64.0. The van der Waals surface area contributed by atoms with Crippen LogP contribution in [-0.2, 0) is 0 Å². The molecule has 1 aliphatic rings. The van der Waals surface area contributed by atoms with Gasteiger partial charge in [-0.2, -0.15) is 0 Å². The molecule has 0 atom stereocenters. The van der Waals surface area contributed by atoms with Crippen molar-refractivity contribution in [3.05, 3.63) is 11.6 Å². The summed E-state index contributed by atoms with van der Waals surface area (Å²) in [5.41, 5.74) is 1.62. The zero-order valence-corrected chi connectivity index (χ0v) is 5.03. The molecule has 0 aromatic carbocycles. The molecule has 0 unspecified atom stereocenters. The molecule has 0 spiro atoms. The third-order valence-corrected chi connectivity index (χ3v) is 1.64. The highest BCUT2D eigenvalue weighted by Crippen LogP contribution is 2.19. The molecule has 0 N–H and O–H groups in total. The molecule has 0 amide bonds. The molecule has 0 radical (unpaired) electrons. The monoisotopic (exact) mass is 180 g/mol. The maximum Gasteiger partial charge on any atom is 0.0209 e. The first kappa shape index (κ1) is 3.65. The van der Waals surface area contributed by atoms with Crippen LogP contribution in [0.15, 0.2) is 11.6 Å². The van der Waals surface area contributed by atoms with Gasteiger partial charge in [0.05, 0.1) is 0 Å². The topological polar surface area (TPSA) is 0 Å². The molecule has 1 rings (SSSR count). The van der Waals surface area contributed by atoms with Gasteiger partial charge in [-0.1, -0.05) is 34.2 Å². The molecule has 0 fully saturated rings. The first-order valence-corrected chi connectivity index (χ1v) is 3.20. The van der Waals surface area contributed by atoms with Crippen LogP contribution in [0.5, 0.6) is 0 Å². The molecule has 0 bridgehead atoms. The Morgan fingerprint density at radius 1 is 2.00 bits per heavy atom. The normalized spacial score (nSPS) is 18.2. The third kappa shape index (κ3) is 0.911. The van der Waals surface area contributed by atoms with Crippen molar-refractivity contribution in [3.63, 3.8) is 0 Å². The Labute approximate surface area is 45.4 Å². The number of hydrogen-bond donors (Lipinski definition) is 0. The van der Waals surface area contributed by atoms with Crippen LogP contribution in [0.2, 0.25) is 0 Å². The van der Waals surface area contributed by atoms with Gasteiger partial charge in [0.1, 0.15) is 0 Å². The first-order valence-electron chi connectivity index (χ1n) is 1.67. The highest BCUT2D eigenvalue weighted by molar-refractivity contribution is 14.1. The second-order valence-corrected chi connectivity index (χ2v) is 1.96. The molecule has 1 heteroatoms. The summed E-state index contributed by atoms with van der Waals surface area (Å²) < 4.78 is 1.25. The van der Waals surface area contributed by atoms with E-state index in [2.05, 4.69) is 28.7 Å². The lowest BCUT2D eigenvalue weighted by Crippen LogP contribution is -1.54. The maximum atomic E-state index is 2.37. The number of hydrogen-bond acceptors (Lipinski definition) is 0. The molecular formula is C4H5I. The molecule has 0 saturated carbocycles. The molecule has 0 aromatic rings. The van der Waals surface area contributed by atoms with Crippen LogP contribution in [0, 0.1) is 0 Å². The Hall–Kier alpha value is 0.470. The molecule has 0 nitrogen and oxygen atoms in total. The van der Waals surface area contributed by atoms with Crippen molar-refractivity contribution >= 4 is 22.6 Å². The van der Waals surface area contributed by atoms with Gasteiger partial charge in [-0.05, 0) is 6.42 Å². The van der Waals surface area contributed by atoms with Gasteiger partial charge in [0.15, 0.2) is 0 Å². The lowest BCUT2D eigenvalue weighted by Gasteiger charge is -1.65. The van der Waals surface area contributed by atoms with Crippen LogP contribution in [0.3, 0.4) is 0 Å². The molecule has 0 heterocycles. The van der Waals surface area contributed by atoms with Crippen molar-refractivity contribution < 1.29 is 0 Å². The van der Waals surface area contributed by atoms with E-state index in [9.17, 15) is 0 Å². The minimum atomic E-state index is 1.25. The maximum absolute atomic E-state index is 2.37. The lowest BCUT2D eigenvalue weighted by molar-refractivity contribution is 1.52. The van der Waals surface area contributed by atoms with Crippen LogP contribution >= 0.6 is 22.6 Å². The highest BCUT2D eigenvalue weighted by atomic mass is 127. The van der Waals surface area contributed by atoms with Gasteiger partial charge in [0.2, 0.25) is 0 Å². The molecule has 0 aliphatic heterocycles. The average Bonchev–Trinajstić information content (AvgIpc) is 2.12. The summed E-state index contributed by atoms with van der Waals surface area (Å²) in [7, 11) is 0. The largest absolute Gasteiger partial charge is 0.0815 e. The molecule has 5 heavy (non-hydrogen) atoms. The quantitative estimate of drug-likeness (QED) is 0.327. The van der Waals surface area contributed by atoms with Gasteiger partial charge in [0.25, 0.3) is 0 Å². The molecule has 0 saturated heterocycles. The molecule has 0 aromatic heterocycles. The van der Waals surface area contributed by atoms with E-state index in [1.807, 2.05) is 0 Å². The van der Waals surface area contributed by atoms with Gasteiger partial charge >= 0.3 is 0 Å². The van der Waals surface area contributed by atoms with Gasteiger partial charge in [0, 0.05) is 4.43 Å². The van der Waals surface area contributed by atoms with Crippen molar-refractivity contribution in [3.8, 4) is 0 Å². The predicted molar refractivity (Wildman–Crippen MR) is 31.6 cm³/mol. The summed E-state index contributed by atoms with van der Waals surface area (Å²) in [4.78, 5) is 0. The summed E-state index contributed by atoms with van der Waals surface area (Å²) in [5, 5.41) is 0. The standard InChI is InChI=1S/C4H5I/c5-3-4-1-2-4/h1H,2-3H2. The van der Waals surface area contributed by atoms with E-state index in [1.54, 1.807) is 5.57 Å². The summed E-state index contributed by atoms with van der Waals surface area (Å²) >= 11 is 2.37. The SMILES string of the molecule is ICC1=CC1. The Kier molecular flexibility index (Phi) is 0.939. The van der Waals surface area contributed by atoms with Gasteiger partial charge < -0.3 is 0 Å². The summed E-state index contributed by atoms with van der Waals surface area (Å²) in [6, 6.07) is 0. The van der Waals surface area contributed by atoms with E-state index >= 15 is 0 Å². The fraction of sp³-hybridized carbons (Fsp3) is 0.500.